The van der Waals surface area contributed by atoms with Crippen LogP contribution in [0.1, 0.15) is 37.0 Å². The lowest BCUT2D eigenvalue weighted by Crippen LogP contribution is -2.14. The van der Waals surface area contributed by atoms with Gasteiger partial charge in [0.2, 0.25) is 0 Å². The molecule has 0 radical (unpaired) electrons. The monoisotopic (exact) mass is 338 g/mol. The Kier molecular flexibility index (Phi) is 4.76. The quantitative estimate of drug-likeness (QED) is 0.888. The molecule has 2 rings (SSSR count). The largest absolute Gasteiger partial charge is 0.306 e. The Labute approximate surface area is 127 Å². The van der Waals surface area contributed by atoms with Crippen molar-refractivity contribution in [2.45, 2.75) is 39.3 Å². The maximum Gasteiger partial charge on any atom is 0.107 e. The fraction of sp³-hybridized carbons (Fsp3) is 0.400. The molecule has 0 saturated carbocycles. The minimum Gasteiger partial charge on any atom is -0.306 e. The van der Waals surface area contributed by atoms with Gasteiger partial charge in [-0.05, 0) is 17.7 Å². The van der Waals surface area contributed by atoms with Crippen LogP contribution in [0.3, 0.4) is 0 Å². The van der Waals surface area contributed by atoms with Gasteiger partial charge in [-0.15, -0.1) is 11.3 Å². The molecule has 0 aliphatic carbocycles. The van der Waals surface area contributed by atoms with Crippen molar-refractivity contribution in [3.8, 4) is 0 Å². The summed E-state index contributed by atoms with van der Waals surface area (Å²) in [7, 11) is 0. The van der Waals surface area contributed by atoms with Gasteiger partial charge in [-0.2, -0.15) is 0 Å². The Morgan fingerprint density at radius 2 is 2.05 bits per heavy atom. The Morgan fingerprint density at radius 1 is 1.26 bits per heavy atom. The van der Waals surface area contributed by atoms with E-state index in [1.807, 2.05) is 6.07 Å². The number of nitrogens with one attached hydrogen (secondary N) is 1. The molecular formula is C15H19BrN2S. The molecule has 0 aliphatic heterocycles. The van der Waals surface area contributed by atoms with E-state index >= 15 is 0 Å². The van der Waals surface area contributed by atoms with Gasteiger partial charge in [0, 0.05) is 28.4 Å². The molecule has 0 atom stereocenters. The lowest BCUT2D eigenvalue weighted by molar-refractivity contribution is 0.568. The standard InChI is InChI=1S/C15H19BrN2S/c1-15(2,3)13-10-19-14(18-13)9-17-8-11-5-4-6-12(16)7-11/h4-7,10,17H,8-9H2,1-3H3. The smallest absolute Gasteiger partial charge is 0.107 e. The van der Waals surface area contributed by atoms with Gasteiger partial charge in [-0.1, -0.05) is 48.8 Å². The highest BCUT2D eigenvalue weighted by Gasteiger charge is 2.17. The number of thiazole rings is 1. The molecule has 1 N–H and O–H groups in total. The molecule has 1 heterocycles. The average molecular weight is 339 g/mol. The van der Waals surface area contributed by atoms with Crippen LogP contribution in [0.5, 0.6) is 0 Å². The predicted molar refractivity (Wildman–Crippen MR) is 85.5 cm³/mol. The van der Waals surface area contributed by atoms with Gasteiger partial charge >= 0.3 is 0 Å². The Balaban J connectivity index is 1.88. The van der Waals surface area contributed by atoms with Gasteiger partial charge < -0.3 is 5.32 Å². The molecule has 2 aromatic rings. The summed E-state index contributed by atoms with van der Waals surface area (Å²) in [5, 5.41) is 6.75. The summed E-state index contributed by atoms with van der Waals surface area (Å²) in [4.78, 5) is 4.68. The maximum absolute atomic E-state index is 4.68. The first kappa shape index (κ1) is 14.7. The first-order valence-corrected chi connectivity index (χ1v) is 8.02. The van der Waals surface area contributed by atoms with Crippen LogP contribution in [-0.2, 0) is 18.5 Å². The second-order valence-corrected chi connectivity index (χ2v) is 7.47. The zero-order chi connectivity index (χ0) is 13.9. The summed E-state index contributed by atoms with van der Waals surface area (Å²) in [5.41, 5.74) is 2.60. The summed E-state index contributed by atoms with van der Waals surface area (Å²) >= 11 is 5.22. The number of benzene rings is 1. The topological polar surface area (TPSA) is 24.9 Å². The number of rotatable bonds is 4. The molecule has 0 bridgehead atoms. The summed E-state index contributed by atoms with van der Waals surface area (Å²) < 4.78 is 1.12. The molecule has 0 saturated heterocycles. The minimum absolute atomic E-state index is 0.138. The van der Waals surface area contributed by atoms with E-state index in [9.17, 15) is 0 Å². The molecule has 4 heteroatoms. The van der Waals surface area contributed by atoms with Crippen LogP contribution in [0.4, 0.5) is 0 Å². The third-order valence-electron chi connectivity index (χ3n) is 2.81. The maximum atomic E-state index is 4.68. The van der Waals surface area contributed by atoms with E-state index in [1.54, 1.807) is 11.3 Å². The Hall–Kier alpha value is -0.710. The van der Waals surface area contributed by atoms with Crippen LogP contribution in [0.2, 0.25) is 0 Å². The number of nitrogens with zero attached hydrogens (tertiary/aromatic N) is 1. The lowest BCUT2D eigenvalue weighted by atomic mass is 9.93. The van der Waals surface area contributed by atoms with E-state index in [1.165, 1.54) is 11.3 Å². The molecule has 1 aromatic carbocycles. The van der Waals surface area contributed by atoms with Gasteiger partial charge in [0.05, 0.1) is 5.69 Å². The second kappa shape index (κ2) is 6.16. The first-order valence-electron chi connectivity index (χ1n) is 6.35. The van der Waals surface area contributed by atoms with E-state index in [0.29, 0.717) is 0 Å². The molecular weight excluding hydrogens is 320 g/mol. The summed E-state index contributed by atoms with van der Waals surface area (Å²) in [6, 6.07) is 8.36. The van der Waals surface area contributed by atoms with E-state index < -0.39 is 0 Å². The number of hydrogen-bond acceptors (Lipinski definition) is 3. The van der Waals surface area contributed by atoms with Crippen molar-refractivity contribution in [1.82, 2.24) is 10.3 Å². The van der Waals surface area contributed by atoms with Crippen LogP contribution >= 0.6 is 27.3 Å². The SMILES string of the molecule is CC(C)(C)c1csc(CNCc2cccc(Br)c2)n1. The highest BCUT2D eigenvalue weighted by Crippen LogP contribution is 2.23. The molecule has 0 spiro atoms. The zero-order valence-electron chi connectivity index (χ0n) is 11.5. The number of hydrogen-bond donors (Lipinski definition) is 1. The summed E-state index contributed by atoms with van der Waals surface area (Å²) in [5.74, 6) is 0. The minimum atomic E-state index is 0.138. The summed E-state index contributed by atoms with van der Waals surface area (Å²) in [6.07, 6.45) is 0. The van der Waals surface area contributed by atoms with Crippen molar-refractivity contribution in [2.24, 2.45) is 0 Å². The normalized spacial score (nSPS) is 11.8. The van der Waals surface area contributed by atoms with Crippen LogP contribution in [-0.4, -0.2) is 4.98 Å². The van der Waals surface area contributed by atoms with Crippen LogP contribution in [0, 0.1) is 0 Å². The van der Waals surface area contributed by atoms with Gasteiger partial charge in [0.25, 0.3) is 0 Å². The van der Waals surface area contributed by atoms with Gasteiger partial charge in [-0.3, -0.25) is 0 Å². The van der Waals surface area contributed by atoms with E-state index in [0.717, 1.165) is 22.6 Å². The van der Waals surface area contributed by atoms with Crippen molar-refractivity contribution < 1.29 is 0 Å². The van der Waals surface area contributed by atoms with E-state index in [2.05, 4.69) is 70.6 Å². The number of halogens is 1. The third kappa shape index (κ3) is 4.41. The zero-order valence-corrected chi connectivity index (χ0v) is 13.9. The molecule has 0 amide bonds. The average Bonchev–Trinajstić information content (AvgIpc) is 2.77. The summed E-state index contributed by atoms with van der Waals surface area (Å²) in [6.45, 7) is 8.28. The van der Waals surface area contributed by atoms with Crippen molar-refractivity contribution in [3.63, 3.8) is 0 Å². The molecule has 0 unspecified atom stereocenters. The van der Waals surface area contributed by atoms with E-state index in [4.69, 9.17) is 0 Å². The lowest BCUT2D eigenvalue weighted by Gasteiger charge is -2.14. The van der Waals surface area contributed by atoms with Crippen LogP contribution in [0.15, 0.2) is 34.1 Å². The molecule has 0 aliphatic rings. The fourth-order valence-electron chi connectivity index (χ4n) is 1.70. The Morgan fingerprint density at radius 3 is 2.68 bits per heavy atom. The van der Waals surface area contributed by atoms with E-state index in [-0.39, 0.29) is 5.41 Å². The highest BCUT2D eigenvalue weighted by atomic mass is 79.9. The molecule has 19 heavy (non-hydrogen) atoms. The number of aromatic nitrogens is 1. The Bertz CT molecular complexity index is 543. The van der Waals surface area contributed by atoms with Crippen molar-refractivity contribution in [3.05, 3.63) is 50.4 Å². The fourth-order valence-corrected chi connectivity index (χ4v) is 3.13. The van der Waals surface area contributed by atoms with Gasteiger partial charge in [0.15, 0.2) is 0 Å². The molecule has 102 valence electrons. The second-order valence-electron chi connectivity index (χ2n) is 5.61. The first-order chi connectivity index (χ1) is 8.95. The van der Waals surface area contributed by atoms with Gasteiger partial charge in [0.1, 0.15) is 5.01 Å². The van der Waals surface area contributed by atoms with Gasteiger partial charge in [-0.25, -0.2) is 4.98 Å². The highest BCUT2D eigenvalue weighted by molar-refractivity contribution is 9.10. The molecule has 0 fully saturated rings. The molecule has 1 aromatic heterocycles. The van der Waals surface area contributed by atoms with Crippen molar-refractivity contribution in [1.29, 1.82) is 0 Å². The van der Waals surface area contributed by atoms with Crippen molar-refractivity contribution >= 4 is 27.3 Å². The third-order valence-corrected chi connectivity index (χ3v) is 4.16. The van der Waals surface area contributed by atoms with Crippen molar-refractivity contribution in [2.75, 3.05) is 0 Å². The van der Waals surface area contributed by atoms with Crippen LogP contribution < -0.4 is 5.32 Å². The predicted octanol–water partition coefficient (Wildman–Crippen LogP) is 4.49. The molecule has 2 nitrogen and oxygen atoms in total. The van der Waals surface area contributed by atoms with Crippen LogP contribution in [0.25, 0.3) is 0 Å².